The topological polar surface area (TPSA) is 49.8 Å². The van der Waals surface area contributed by atoms with E-state index in [0.29, 0.717) is 12.3 Å². The largest absolute Gasteiger partial charge is 0.481 e. The fourth-order valence-corrected chi connectivity index (χ4v) is 2.33. The van der Waals surface area contributed by atoms with Gasteiger partial charge in [0.05, 0.1) is 6.61 Å². The molecule has 0 aliphatic rings. The van der Waals surface area contributed by atoms with E-state index >= 15 is 0 Å². The third kappa shape index (κ3) is 4.83. The van der Waals surface area contributed by atoms with E-state index in [-0.39, 0.29) is 12.5 Å². The van der Waals surface area contributed by atoms with Crippen LogP contribution in [0.25, 0.3) is 0 Å². The predicted octanol–water partition coefficient (Wildman–Crippen LogP) is 2.91. The first-order valence-electron chi connectivity index (χ1n) is 7.66. The van der Waals surface area contributed by atoms with E-state index < -0.39 is 6.10 Å². The van der Waals surface area contributed by atoms with Crippen LogP contribution < -0.4 is 4.74 Å². The van der Waals surface area contributed by atoms with Crippen LogP contribution in [0.5, 0.6) is 5.75 Å². The Labute approximate surface area is 137 Å². The lowest BCUT2D eigenvalue weighted by molar-refractivity contribution is -0.137. The Balaban J connectivity index is 1.96. The number of carbonyl (C=O) groups excluding carboxylic acids is 1. The second kappa shape index (κ2) is 7.79. The second-order valence-corrected chi connectivity index (χ2v) is 5.75. The van der Waals surface area contributed by atoms with Crippen molar-refractivity contribution in [3.05, 3.63) is 65.2 Å². The number of aliphatic hydroxyl groups excluding tert-OH is 1. The summed E-state index contributed by atoms with van der Waals surface area (Å²) < 4.78 is 5.69. The van der Waals surface area contributed by atoms with Crippen molar-refractivity contribution < 1.29 is 14.6 Å². The van der Waals surface area contributed by atoms with Gasteiger partial charge in [-0.15, -0.1) is 0 Å². The molecule has 0 saturated carbocycles. The lowest BCUT2D eigenvalue weighted by Crippen LogP contribution is -2.37. The van der Waals surface area contributed by atoms with Gasteiger partial charge in [-0.05, 0) is 37.1 Å². The lowest BCUT2D eigenvalue weighted by atomic mass is 10.1. The Morgan fingerprint density at radius 2 is 1.87 bits per heavy atom. The SMILES string of the molecule is Cc1ccc(CN(C)C(=O)C(C)Oc2cccc(CO)c2)cc1. The summed E-state index contributed by atoms with van der Waals surface area (Å²) in [7, 11) is 1.77. The number of aliphatic hydroxyl groups is 1. The third-order valence-electron chi connectivity index (χ3n) is 3.66. The number of benzene rings is 2. The molecule has 0 radical (unpaired) electrons. The zero-order chi connectivity index (χ0) is 16.8. The Kier molecular flexibility index (Phi) is 5.77. The maximum atomic E-state index is 12.4. The summed E-state index contributed by atoms with van der Waals surface area (Å²) >= 11 is 0. The first-order valence-corrected chi connectivity index (χ1v) is 7.66. The number of nitrogens with zero attached hydrogens (tertiary/aromatic N) is 1. The highest BCUT2D eigenvalue weighted by Gasteiger charge is 2.19. The molecule has 2 rings (SSSR count). The highest BCUT2D eigenvalue weighted by Crippen LogP contribution is 2.16. The number of rotatable bonds is 6. The molecule has 1 unspecified atom stereocenters. The molecule has 2 aromatic rings. The smallest absolute Gasteiger partial charge is 0.263 e. The molecule has 4 nitrogen and oxygen atoms in total. The minimum absolute atomic E-state index is 0.0488. The van der Waals surface area contributed by atoms with Crippen LogP contribution in [0.15, 0.2) is 48.5 Å². The van der Waals surface area contributed by atoms with Crippen LogP contribution in [0.1, 0.15) is 23.6 Å². The van der Waals surface area contributed by atoms with Gasteiger partial charge in [0.1, 0.15) is 5.75 Å². The van der Waals surface area contributed by atoms with Gasteiger partial charge in [-0.3, -0.25) is 4.79 Å². The van der Waals surface area contributed by atoms with Crippen molar-refractivity contribution in [2.24, 2.45) is 0 Å². The van der Waals surface area contributed by atoms with Gasteiger partial charge < -0.3 is 14.7 Å². The molecule has 0 heterocycles. The van der Waals surface area contributed by atoms with Crippen molar-refractivity contribution in [2.75, 3.05) is 7.05 Å². The van der Waals surface area contributed by atoms with Gasteiger partial charge in [-0.2, -0.15) is 0 Å². The zero-order valence-electron chi connectivity index (χ0n) is 13.8. The normalized spacial score (nSPS) is 11.8. The van der Waals surface area contributed by atoms with Crippen molar-refractivity contribution >= 4 is 5.91 Å². The molecule has 0 aliphatic heterocycles. The molecule has 0 spiro atoms. The predicted molar refractivity (Wildman–Crippen MR) is 90.1 cm³/mol. The number of amides is 1. The van der Waals surface area contributed by atoms with Crippen molar-refractivity contribution in [3.8, 4) is 5.75 Å². The van der Waals surface area contributed by atoms with Gasteiger partial charge in [0.15, 0.2) is 6.10 Å². The van der Waals surface area contributed by atoms with Crippen LogP contribution in [-0.4, -0.2) is 29.1 Å². The van der Waals surface area contributed by atoms with Gasteiger partial charge in [0.2, 0.25) is 0 Å². The van der Waals surface area contributed by atoms with Crippen LogP contribution >= 0.6 is 0 Å². The first kappa shape index (κ1) is 17.0. The summed E-state index contributed by atoms with van der Waals surface area (Å²) in [4.78, 5) is 14.1. The molecule has 0 saturated heterocycles. The fourth-order valence-electron chi connectivity index (χ4n) is 2.33. The molecule has 0 fully saturated rings. The van der Waals surface area contributed by atoms with Crippen LogP contribution in [0.4, 0.5) is 0 Å². The Morgan fingerprint density at radius 1 is 1.17 bits per heavy atom. The summed E-state index contributed by atoms with van der Waals surface area (Å²) in [6.45, 7) is 4.27. The van der Waals surface area contributed by atoms with Crippen molar-refractivity contribution in [1.82, 2.24) is 4.90 Å². The number of hydrogen-bond acceptors (Lipinski definition) is 3. The van der Waals surface area contributed by atoms with Crippen molar-refractivity contribution in [1.29, 1.82) is 0 Å². The Hall–Kier alpha value is -2.33. The Bertz CT molecular complexity index is 652. The summed E-state index contributed by atoms with van der Waals surface area (Å²) in [6.07, 6.45) is -0.584. The minimum atomic E-state index is -0.584. The van der Waals surface area contributed by atoms with Crippen LogP contribution in [0, 0.1) is 6.92 Å². The molecule has 1 amide bonds. The van der Waals surface area contributed by atoms with E-state index in [1.165, 1.54) is 5.56 Å². The first-order chi connectivity index (χ1) is 11.0. The van der Waals surface area contributed by atoms with Crippen molar-refractivity contribution in [3.63, 3.8) is 0 Å². The number of hydrogen-bond donors (Lipinski definition) is 1. The van der Waals surface area contributed by atoms with Crippen LogP contribution in [-0.2, 0) is 17.9 Å². The summed E-state index contributed by atoms with van der Waals surface area (Å²) in [5, 5.41) is 9.15. The maximum absolute atomic E-state index is 12.4. The van der Waals surface area contributed by atoms with Crippen LogP contribution in [0.2, 0.25) is 0 Å². The van der Waals surface area contributed by atoms with E-state index in [9.17, 15) is 4.79 Å². The molecule has 122 valence electrons. The maximum Gasteiger partial charge on any atom is 0.263 e. The molecule has 0 aromatic heterocycles. The van der Waals surface area contributed by atoms with E-state index in [0.717, 1.165) is 11.1 Å². The highest BCUT2D eigenvalue weighted by molar-refractivity contribution is 5.80. The molecule has 0 bridgehead atoms. The van der Waals surface area contributed by atoms with Crippen molar-refractivity contribution in [2.45, 2.75) is 33.1 Å². The number of aryl methyl sites for hydroxylation is 1. The fraction of sp³-hybridized carbons (Fsp3) is 0.316. The van der Waals surface area contributed by atoms with E-state index in [4.69, 9.17) is 9.84 Å². The average molecular weight is 313 g/mol. The molecule has 4 heteroatoms. The number of likely N-dealkylation sites (N-methyl/N-ethyl adjacent to an activating group) is 1. The van der Waals surface area contributed by atoms with E-state index in [1.54, 1.807) is 37.1 Å². The lowest BCUT2D eigenvalue weighted by Gasteiger charge is -2.22. The molecule has 1 N–H and O–H groups in total. The van der Waals surface area contributed by atoms with Gasteiger partial charge in [0.25, 0.3) is 5.91 Å². The summed E-state index contributed by atoms with van der Waals surface area (Å²) in [6, 6.07) is 15.2. The van der Waals surface area contributed by atoms with E-state index in [2.05, 4.69) is 0 Å². The molecular weight excluding hydrogens is 290 g/mol. The number of carbonyl (C=O) groups is 1. The molecule has 1 atom stereocenters. The minimum Gasteiger partial charge on any atom is -0.481 e. The average Bonchev–Trinajstić information content (AvgIpc) is 2.56. The third-order valence-corrected chi connectivity index (χ3v) is 3.66. The molecule has 0 aliphatic carbocycles. The quantitative estimate of drug-likeness (QED) is 0.892. The molecule has 2 aromatic carbocycles. The van der Waals surface area contributed by atoms with Gasteiger partial charge in [0, 0.05) is 13.6 Å². The standard InChI is InChI=1S/C19H23NO3/c1-14-7-9-16(10-8-14)12-20(3)19(22)15(2)23-18-6-4-5-17(11-18)13-21/h4-11,15,21H,12-13H2,1-3H3. The monoisotopic (exact) mass is 313 g/mol. The van der Waals surface area contributed by atoms with Gasteiger partial charge >= 0.3 is 0 Å². The van der Waals surface area contributed by atoms with Gasteiger partial charge in [-0.25, -0.2) is 0 Å². The molecular formula is C19H23NO3. The van der Waals surface area contributed by atoms with E-state index in [1.807, 2.05) is 37.3 Å². The summed E-state index contributed by atoms with van der Waals surface area (Å²) in [5.41, 5.74) is 3.04. The summed E-state index contributed by atoms with van der Waals surface area (Å²) in [5.74, 6) is 0.501. The highest BCUT2D eigenvalue weighted by atomic mass is 16.5. The zero-order valence-corrected chi connectivity index (χ0v) is 13.8. The number of ether oxygens (including phenoxy) is 1. The Morgan fingerprint density at radius 3 is 2.52 bits per heavy atom. The van der Waals surface area contributed by atoms with Gasteiger partial charge in [-0.1, -0.05) is 42.0 Å². The second-order valence-electron chi connectivity index (χ2n) is 5.75. The van der Waals surface area contributed by atoms with Crippen LogP contribution in [0.3, 0.4) is 0 Å². The molecule has 23 heavy (non-hydrogen) atoms.